The first-order valence-electron chi connectivity index (χ1n) is 15.9. The molecule has 14 heteroatoms. The van der Waals surface area contributed by atoms with Crippen molar-refractivity contribution in [3.63, 3.8) is 0 Å². The number of benzene rings is 1. The summed E-state index contributed by atoms with van der Waals surface area (Å²) in [6, 6.07) is 4.68. The average Bonchev–Trinajstić information content (AvgIpc) is 3.56. The van der Waals surface area contributed by atoms with E-state index in [0.717, 1.165) is 50.3 Å². The molecule has 0 saturated carbocycles. The number of piperidine rings is 1. The van der Waals surface area contributed by atoms with Crippen molar-refractivity contribution in [1.29, 1.82) is 0 Å². The molecule has 2 saturated heterocycles. The van der Waals surface area contributed by atoms with E-state index in [2.05, 4.69) is 15.2 Å². The van der Waals surface area contributed by atoms with Crippen molar-refractivity contribution in [3.05, 3.63) is 72.9 Å². The predicted octanol–water partition coefficient (Wildman–Crippen LogP) is 4.77. The van der Waals surface area contributed by atoms with Crippen LogP contribution in [0.3, 0.4) is 0 Å². The molecule has 252 valence electrons. The van der Waals surface area contributed by atoms with E-state index in [1.807, 2.05) is 10.3 Å². The molecule has 11 nitrogen and oxygen atoms in total. The summed E-state index contributed by atoms with van der Waals surface area (Å²) < 4.78 is 0. The van der Waals surface area contributed by atoms with Crippen molar-refractivity contribution in [1.82, 2.24) is 25.0 Å². The van der Waals surface area contributed by atoms with Crippen LogP contribution in [0.1, 0.15) is 61.4 Å². The molecule has 0 aliphatic carbocycles. The molecule has 47 heavy (non-hydrogen) atoms. The summed E-state index contributed by atoms with van der Waals surface area (Å²) in [6.45, 7) is 4.87. The van der Waals surface area contributed by atoms with Gasteiger partial charge in [0, 0.05) is 90.7 Å². The van der Waals surface area contributed by atoms with Gasteiger partial charge in [-0.05, 0) is 50.8 Å². The highest BCUT2D eigenvalue weighted by molar-refractivity contribution is 7.09. The Morgan fingerprint density at radius 1 is 0.915 bits per heavy atom. The summed E-state index contributed by atoms with van der Waals surface area (Å²) in [5.41, 5.74) is 0.134. The smallest absolute Gasteiger partial charge is 0.334 e. The summed E-state index contributed by atoms with van der Waals surface area (Å²) in [6.07, 6.45) is 6.66. The molecule has 0 radical (unpaired) electrons. The predicted molar refractivity (Wildman–Crippen MR) is 179 cm³/mol. The number of carbonyl (C=O) groups excluding carboxylic acids is 2. The number of likely N-dealkylation sites (tertiary alicyclic amines) is 1. The number of hydrogen-bond donors (Lipinski definition) is 3. The SMILES string of the molecule is O=C(O)C1=C(CCc2nccs2)NC(CC(=O)N2CCN(CCCCN3CCCCC3=O)CC2)=C(C(=O)O)C1c1c(Cl)cccc1Cl. The third-order valence-electron chi connectivity index (χ3n) is 8.98. The molecule has 1 aromatic carbocycles. The highest BCUT2D eigenvalue weighted by atomic mass is 35.5. The Labute approximate surface area is 287 Å². The topological polar surface area (TPSA) is 143 Å². The number of aliphatic carboxylic acids is 2. The minimum atomic E-state index is -1.37. The fraction of sp³-hybridized carbons (Fsp3) is 0.485. The minimum Gasteiger partial charge on any atom is -0.478 e. The molecule has 5 rings (SSSR count). The van der Waals surface area contributed by atoms with Crippen LogP contribution in [0.2, 0.25) is 10.0 Å². The quantitative estimate of drug-likeness (QED) is 0.251. The molecule has 0 spiro atoms. The molecule has 4 heterocycles. The van der Waals surface area contributed by atoms with E-state index in [-0.39, 0.29) is 62.8 Å². The van der Waals surface area contributed by atoms with E-state index in [1.165, 1.54) is 23.5 Å². The number of unbranched alkanes of at least 4 members (excludes halogenated alkanes) is 1. The molecule has 3 aliphatic rings. The zero-order valence-corrected chi connectivity index (χ0v) is 28.4. The Hall–Kier alpha value is -3.45. The van der Waals surface area contributed by atoms with Crippen molar-refractivity contribution in [3.8, 4) is 0 Å². The number of carboxylic acid groups (broad SMARTS) is 2. The maximum atomic E-state index is 13.7. The number of rotatable bonds is 13. The van der Waals surface area contributed by atoms with E-state index < -0.39 is 17.9 Å². The Morgan fingerprint density at radius 2 is 1.60 bits per heavy atom. The Bertz CT molecular complexity index is 1530. The first-order chi connectivity index (χ1) is 22.6. The number of allylic oxidation sites excluding steroid dienone is 1. The van der Waals surface area contributed by atoms with Crippen LogP contribution in [0.15, 0.2) is 52.3 Å². The number of nitrogens with one attached hydrogen (secondary N) is 1. The Kier molecular flexibility index (Phi) is 11.9. The van der Waals surface area contributed by atoms with Gasteiger partial charge in [0.25, 0.3) is 0 Å². The van der Waals surface area contributed by atoms with Gasteiger partial charge in [-0.15, -0.1) is 11.3 Å². The third kappa shape index (κ3) is 8.53. The highest BCUT2D eigenvalue weighted by Gasteiger charge is 2.41. The minimum absolute atomic E-state index is 0.123. The number of aromatic nitrogens is 1. The molecule has 1 unspecified atom stereocenters. The van der Waals surface area contributed by atoms with Gasteiger partial charge in [-0.25, -0.2) is 14.6 Å². The van der Waals surface area contributed by atoms with E-state index in [1.54, 1.807) is 17.2 Å². The normalized spacial score (nSPS) is 19.3. The first-order valence-corrected chi connectivity index (χ1v) is 17.6. The lowest BCUT2D eigenvalue weighted by molar-refractivity contribution is -0.134. The lowest BCUT2D eigenvalue weighted by Gasteiger charge is -2.36. The second-order valence-corrected chi connectivity index (χ2v) is 13.8. The monoisotopic (exact) mass is 703 g/mol. The highest BCUT2D eigenvalue weighted by Crippen LogP contribution is 2.45. The number of nitrogens with zero attached hydrogens (tertiary/aromatic N) is 4. The molecule has 3 N–H and O–H groups in total. The van der Waals surface area contributed by atoms with Crippen molar-refractivity contribution >= 4 is 58.3 Å². The third-order valence-corrected chi connectivity index (χ3v) is 10.5. The number of thiazole rings is 1. The van der Waals surface area contributed by atoms with Gasteiger partial charge in [-0.2, -0.15) is 0 Å². The van der Waals surface area contributed by atoms with Crippen molar-refractivity contribution in [2.24, 2.45) is 0 Å². The summed E-state index contributed by atoms with van der Waals surface area (Å²) >= 11 is 14.5. The molecular weight excluding hydrogens is 665 g/mol. The van der Waals surface area contributed by atoms with Gasteiger partial charge >= 0.3 is 11.9 Å². The standard InChI is InChI=1S/C33H39Cl2N5O6S/c34-21-6-5-7-22(35)28(21)31-29(32(43)44)23(9-10-25-36-11-19-47-25)37-24(30(31)33(45)46)20-27(42)40-17-15-38(16-18-40)12-3-4-14-39-13-2-1-8-26(39)41/h5-7,11,19,31,37H,1-4,8-10,12-18,20H2,(H,43,44)(H,45,46). The maximum Gasteiger partial charge on any atom is 0.334 e. The van der Waals surface area contributed by atoms with Gasteiger partial charge in [0.05, 0.1) is 28.5 Å². The number of carboxylic acids is 2. The van der Waals surface area contributed by atoms with Crippen LogP contribution in [0.25, 0.3) is 0 Å². The fourth-order valence-corrected chi connectivity index (χ4v) is 7.79. The van der Waals surface area contributed by atoms with Crippen LogP contribution in [0.5, 0.6) is 0 Å². The van der Waals surface area contributed by atoms with Crippen LogP contribution in [0, 0.1) is 0 Å². The van der Waals surface area contributed by atoms with Gasteiger partial charge < -0.3 is 25.3 Å². The Balaban J connectivity index is 1.30. The number of amides is 2. The zero-order chi connectivity index (χ0) is 33.5. The molecule has 3 aliphatic heterocycles. The molecule has 2 aromatic rings. The maximum absolute atomic E-state index is 13.7. The van der Waals surface area contributed by atoms with E-state index >= 15 is 0 Å². The zero-order valence-electron chi connectivity index (χ0n) is 26.1. The van der Waals surface area contributed by atoms with Crippen LogP contribution in [-0.2, 0) is 25.6 Å². The van der Waals surface area contributed by atoms with E-state index in [4.69, 9.17) is 23.2 Å². The molecule has 1 aromatic heterocycles. The van der Waals surface area contributed by atoms with Crippen LogP contribution >= 0.6 is 34.5 Å². The first kappa shape index (κ1) is 34.9. The molecule has 2 amide bonds. The van der Waals surface area contributed by atoms with Gasteiger partial charge in [-0.1, -0.05) is 29.3 Å². The summed E-state index contributed by atoms with van der Waals surface area (Å²) in [7, 11) is 0. The van der Waals surface area contributed by atoms with E-state index in [0.29, 0.717) is 39.0 Å². The van der Waals surface area contributed by atoms with Crippen LogP contribution < -0.4 is 5.32 Å². The Morgan fingerprint density at radius 3 is 2.23 bits per heavy atom. The van der Waals surface area contributed by atoms with Crippen molar-refractivity contribution in [2.75, 3.05) is 45.8 Å². The number of halogens is 2. The molecule has 1 atom stereocenters. The van der Waals surface area contributed by atoms with E-state index in [9.17, 15) is 29.4 Å². The number of aryl methyl sites for hydroxylation is 1. The second-order valence-electron chi connectivity index (χ2n) is 12.0. The number of dihydropyridines is 1. The van der Waals surface area contributed by atoms with Crippen LogP contribution in [0.4, 0.5) is 0 Å². The lowest BCUT2D eigenvalue weighted by atomic mass is 9.79. The van der Waals surface area contributed by atoms with Crippen LogP contribution in [-0.4, -0.2) is 99.5 Å². The second kappa shape index (κ2) is 16.1. The van der Waals surface area contributed by atoms with Gasteiger partial charge in [0.2, 0.25) is 11.8 Å². The molecular formula is C33H39Cl2N5O6S. The summed E-state index contributed by atoms with van der Waals surface area (Å²) in [5, 5.41) is 26.8. The lowest BCUT2D eigenvalue weighted by Crippen LogP contribution is -2.49. The molecule has 0 bridgehead atoms. The average molecular weight is 705 g/mol. The fourth-order valence-electron chi connectivity index (χ4n) is 6.56. The number of hydrogen-bond acceptors (Lipinski definition) is 8. The summed E-state index contributed by atoms with van der Waals surface area (Å²) in [5.74, 6) is -3.99. The number of carbonyl (C=O) groups is 4. The number of piperazine rings is 1. The van der Waals surface area contributed by atoms with Gasteiger partial charge in [-0.3, -0.25) is 14.5 Å². The van der Waals surface area contributed by atoms with Gasteiger partial charge in [0.1, 0.15) is 0 Å². The summed E-state index contributed by atoms with van der Waals surface area (Å²) in [4.78, 5) is 61.7. The van der Waals surface area contributed by atoms with Crippen molar-refractivity contribution in [2.45, 2.75) is 57.3 Å². The van der Waals surface area contributed by atoms with Gasteiger partial charge in [0.15, 0.2) is 0 Å². The largest absolute Gasteiger partial charge is 0.478 e. The molecule has 2 fully saturated rings. The van der Waals surface area contributed by atoms with Crippen molar-refractivity contribution < 1.29 is 29.4 Å².